The van der Waals surface area contributed by atoms with Crippen LogP contribution in [-0.4, -0.2) is 25.1 Å². The fourth-order valence-electron chi connectivity index (χ4n) is 3.47. The van der Waals surface area contributed by atoms with Gasteiger partial charge in [0.2, 0.25) is 10.0 Å². The SMILES string of the molecule is NC(=S)N(/N=C1\C(=O)N(Cc2ccccc2)c2c(F)cccc21)c1cccc(S(N)(=O)=O)c1. The highest BCUT2D eigenvalue weighted by Gasteiger charge is 2.37. The number of rotatable bonds is 5. The van der Waals surface area contributed by atoms with Crippen LogP contribution in [0, 0.1) is 5.82 Å². The van der Waals surface area contributed by atoms with Crippen LogP contribution in [0.5, 0.6) is 0 Å². The summed E-state index contributed by atoms with van der Waals surface area (Å²) in [4.78, 5) is 14.4. The molecule has 0 atom stereocenters. The van der Waals surface area contributed by atoms with E-state index in [0.717, 1.165) is 10.6 Å². The number of hydrogen-bond acceptors (Lipinski definition) is 5. The average molecular weight is 484 g/mol. The van der Waals surface area contributed by atoms with Crippen molar-refractivity contribution < 1.29 is 17.6 Å². The minimum absolute atomic E-state index is 0.0887. The summed E-state index contributed by atoms with van der Waals surface area (Å²) in [6.45, 7) is 0.126. The molecule has 1 aliphatic heterocycles. The molecule has 0 fully saturated rings. The molecule has 1 amide bonds. The fraction of sp³-hybridized carbons (Fsp3) is 0.0455. The number of sulfonamides is 1. The Morgan fingerprint density at radius 1 is 1.06 bits per heavy atom. The van der Waals surface area contributed by atoms with Crippen LogP contribution in [0.3, 0.4) is 0 Å². The van der Waals surface area contributed by atoms with E-state index in [4.69, 9.17) is 23.1 Å². The number of hydrazone groups is 1. The first kappa shape index (κ1) is 22.5. The maximum absolute atomic E-state index is 14.8. The van der Waals surface area contributed by atoms with Crippen molar-refractivity contribution in [2.75, 3.05) is 9.91 Å². The van der Waals surface area contributed by atoms with E-state index < -0.39 is 21.7 Å². The molecule has 1 heterocycles. The summed E-state index contributed by atoms with van der Waals surface area (Å²) in [5, 5.41) is 10.3. The predicted octanol–water partition coefficient (Wildman–Crippen LogP) is 2.47. The van der Waals surface area contributed by atoms with Crippen LogP contribution in [0.2, 0.25) is 0 Å². The average Bonchev–Trinajstić information content (AvgIpc) is 3.04. The number of amides is 1. The second kappa shape index (κ2) is 8.70. The molecule has 0 bridgehead atoms. The van der Waals surface area contributed by atoms with Crippen LogP contribution < -0.4 is 20.8 Å². The van der Waals surface area contributed by atoms with Crippen LogP contribution in [0.25, 0.3) is 0 Å². The number of carbonyl (C=O) groups is 1. The highest BCUT2D eigenvalue weighted by molar-refractivity contribution is 7.89. The van der Waals surface area contributed by atoms with E-state index in [1.165, 1.54) is 41.3 Å². The van der Waals surface area contributed by atoms with Crippen LogP contribution in [0.4, 0.5) is 15.8 Å². The van der Waals surface area contributed by atoms with E-state index in [1.54, 1.807) is 6.07 Å². The Kier molecular flexibility index (Phi) is 5.93. The van der Waals surface area contributed by atoms with E-state index >= 15 is 0 Å². The van der Waals surface area contributed by atoms with Crippen molar-refractivity contribution in [3.8, 4) is 0 Å². The minimum Gasteiger partial charge on any atom is -0.374 e. The summed E-state index contributed by atoms with van der Waals surface area (Å²) < 4.78 is 38.3. The first-order valence-electron chi connectivity index (χ1n) is 9.62. The molecular weight excluding hydrogens is 465 g/mol. The molecule has 1 aliphatic rings. The first-order valence-corrected chi connectivity index (χ1v) is 11.6. The van der Waals surface area contributed by atoms with E-state index in [-0.39, 0.29) is 39.2 Å². The van der Waals surface area contributed by atoms with Gasteiger partial charge in [0, 0.05) is 5.56 Å². The van der Waals surface area contributed by atoms with Gasteiger partial charge in [-0.3, -0.25) is 9.69 Å². The number of hydrogen-bond donors (Lipinski definition) is 2. The van der Waals surface area contributed by atoms with Gasteiger partial charge in [0.15, 0.2) is 10.8 Å². The van der Waals surface area contributed by atoms with Crippen LogP contribution >= 0.6 is 12.2 Å². The standard InChI is InChI=1S/C22H18FN5O3S2/c23-18-11-5-10-17-19(21(29)27(20(17)18)13-14-6-2-1-3-7-14)26-28(22(24)32)15-8-4-9-16(12-15)33(25,30)31/h1-12H,13H2,(H2,24,32)(H2,25,30,31)/b26-19-. The molecule has 11 heteroatoms. The Labute approximate surface area is 195 Å². The number of primary sulfonamides is 1. The Bertz CT molecular complexity index is 1390. The number of fused-ring (bicyclic) bond motifs is 1. The molecule has 4 rings (SSSR count). The number of thiocarbonyl (C=S) groups is 1. The molecule has 0 saturated carbocycles. The number of anilines is 2. The number of nitrogens with two attached hydrogens (primary N) is 2. The van der Waals surface area contributed by atoms with E-state index in [1.807, 2.05) is 30.3 Å². The third-order valence-corrected chi connectivity index (χ3v) is 6.03. The second-order valence-corrected chi connectivity index (χ2v) is 9.13. The van der Waals surface area contributed by atoms with Gasteiger partial charge in [0.1, 0.15) is 5.82 Å². The van der Waals surface area contributed by atoms with Crippen molar-refractivity contribution >= 4 is 50.3 Å². The predicted molar refractivity (Wildman–Crippen MR) is 128 cm³/mol. The quantitative estimate of drug-likeness (QED) is 0.425. The molecule has 0 unspecified atom stereocenters. The molecule has 8 nitrogen and oxygen atoms in total. The summed E-state index contributed by atoms with van der Waals surface area (Å²) in [5.74, 6) is -1.14. The van der Waals surface area contributed by atoms with E-state index in [2.05, 4.69) is 5.10 Å². The van der Waals surface area contributed by atoms with Crippen molar-refractivity contribution in [2.24, 2.45) is 16.0 Å². The summed E-state index contributed by atoms with van der Waals surface area (Å²) in [6.07, 6.45) is 0. The molecule has 33 heavy (non-hydrogen) atoms. The smallest absolute Gasteiger partial charge is 0.279 e. The zero-order chi connectivity index (χ0) is 23.8. The molecule has 168 valence electrons. The molecule has 3 aromatic carbocycles. The Morgan fingerprint density at radius 2 is 1.76 bits per heavy atom. The van der Waals surface area contributed by atoms with Crippen LogP contribution in [0.1, 0.15) is 11.1 Å². The number of benzene rings is 3. The largest absolute Gasteiger partial charge is 0.374 e. The van der Waals surface area contributed by atoms with Crippen molar-refractivity contribution in [2.45, 2.75) is 11.4 Å². The second-order valence-electron chi connectivity index (χ2n) is 7.15. The maximum atomic E-state index is 14.8. The minimum atomic E-state index is -4.00. The lowest BCUT2D eigenvalue weighted by molar-refractivity contribution is -0.112. The third-order valence-electron chi connectivity index (χ3n) is 4.94. The molecule has 4 N–H and O–H groups in total. The van der Waals surface area contributed by atoms with Crippen molar-refractivity contribution in [3.63, 3.8) is 0 Å². The van der Waals surface area contributed by atoms with Crippen LogP contribution in [0.15, 0.2) is 82.8 Å². The topological polar surface area (TPSA) is 122 Å². The normalized spacial score (nSPS) is 14.4. The Balaban J connectivity index is 1.82. The van der Waals surface area contributed by atoms with Gasteiger partial charge in [-0.2, -0.15) is 5.10 Å². The summed E-state index contributed by atoms with van der Waals surface area (Å²) in [6, 6.07) is 18.9. The highest BCUT2D eigenvalue weighted by atomic mass is 32.2. The monoisotopic (exact) mass is 483 g/mol. The zero-order valence-corrected chi connectivity index (χ0v) is 18.7. The number of nitrogens with zero attached hydrogens (tertiary/aromatic N) is 3. The number of para-hydroxylation sites is 1. The third kappa shape index (κ3) is 4.46. The summed E-state index contributed by atoms with van der Waals surface area (Å²) in [5.41, 5.74) is 7.07. The van der Waals surface area contributed by atoms with Gasteiger partial charge < -0.3 is 5.73 Å². The molecular formula is C22H18FN5O3S2. The zero-order valence-electron chi connectivity index (χ0n) is 17.1. The molecule has 0 aromatic heterocycles. The molecule has 0 aliphatic carbocycles. The van der Waals surface area contributed by atoms with Crippen molar-refractivity contribution in [1.29, 1.82) is 0 Å². The lowest BCUT2D eigenvalue weighted by Crippen LogP contribution is -2.35. The lowest BCUT2D eigenvalue weighted by atomic mass is 10.1. The van der Waals surface area contributed by atoms with Gasteiger partial charge in [0.05, 0.1) is 22.8 Å². The first-order chi connectivity index (χ1) is 15.7. The van der Waals surface area contributed by atoms with Gasteiger partial charge in [-0.1, -0.05) is 48.5 Å². The van der Waals surface area contributed by atoms with Crippen LogP contribution in [-0.2, 0) is 21.4 Å². The number of halogens is 1. The van der Waals surface area contributed by atoms with Gasteiger partial charge in [-0.05, 0) is 42.0 Å². The van der Waals surface area contributed by atoms with E-state index in [9.17, 15) is 17.6 Å². The van der Waals surface area contributed by atoms with Gasteiger partial charge in [-0.25, -0.2) is 23.0 Å². The Morgan fingerprint density at radius 3 is 2.42 bits per heavy atom. The van der Waals surface area contributed by atoms with Crippen molar-refractivity contribution in [1.82, 2.24) is 0 Å². The number of carbonyl (C=O) groups excluding carboxylic acids is 1. The molecule has 0 saturated heterocycles. The molecule has 3 aromatic rings. The highest BCUT2D eigenvalue weighted by Crippen LogP contribution is 2.34. The van der Waals surface area contributed by atoms with Gasteiger partial charge in [0.25, 0.3) is 5.91 Å². The fourth-order valence-corrected chi connectivity index (χ4v) is 4.16. The van der Waals surface area contributed by atoms with Gasteiger partial charge in [-0.15, -0.1) is 0 Å². The van der Waals surface area contributed by atoms with E-state index in [0.29, 0.717) is 0 Å². The summed E-state index contributed by atoms with van der Waals surface area (Å²) >= 11 is 5.08. The maximum Gasteiger partial charge on any atom is 0.279 e. The Hall–Kier alpha value is -3.67. The van der Waals surface area contributed by atoms with Gasteiger partial charge >= 0.3 is 0 Å². The van der Waals surface area contributed by atoms with Crippen molar-refractivity contribution in [3.05, 3.63) is 89.7 Å². The molecule has 0 spiro atoms. The molecule has 0 radical (unpaired) electrons. The lowest BCUT2D eigenvalue weighted by Gasteiger charge is -2.19. The summed E-state index contributed by atoms with van der Waals surface area (Å²) in [7, 11) is -4.00.